The van der Waals surface area contributed by atoms with E-state index in [9.17, 15) is 0 Å². The first-order chi connectivity index (χ1) is 9.65. The standard InChI is InChI=1S/C15H22ClN3O/c1-19(11-7-4-2-3-5-8-11)13-10-6-9-12(16)14(13)15(17)18-20/h6,9-11,20H,2-5,7-8H2,1H3,(H2,17,18). The zero-order chi connectivity index (χ0) is 14.5. The number of amidine groups is 1. The third-order valence-corrected chi connectivity index (χ3v) is 4.42. The van der Waals surface area contributed by atoms with Crippen LogP contribution in [-0.4, -0.2) is 24.1 Å². The van der Waals surface area contributed by atoms with E-state index in [4.69, 9.17) is 22.5 Å². The maximum atomic E-state index is 8.96. The quantitative estimate of drug-likeness (QED) is 0.294. The number of hydrogen-bond donors (Lipinski definition) is 2. The summed E-state index contributed by atoms with van der Waals surface area (Å²) in [5.74, 6) is 0.0612. The van der Waals surface area contributed by atoms with Crippen molar-refractivity contribution in [2.45, 2.75) is 44.6 Å². The van der Waals surface area contributed by atoms with Crippen molar-refractivity contribution < 1.29 is 5.21 Å². The molecule has 20 heavy (non-hydrogen) atoms. The van der Waals surface area contributed by atoms with E-state index < -0.39 is 0 Å². The fourth-order valence-electron chi connectivity index (χ4n) is 2.95. The SMILES string of the molecule is CN(c1cccc(Cl)c1C(N)=NO)C1CCCCCC1. The molecule has 1 aromatic rings. The summed E-state index contributed by atoms with van der Waals surface area (Å²) in [6.07, 6.45) is 7.50. The van der Waals surface area contributed by atoms with Crippen LogP contribution in [0.15, 0.2) is 23.4 Å². The molecule has 0 spiro atoms. The van der Waals surface area contributed by atoms with E-state index >= 15 is 0 Å². The Morgan fingerprint density at radius 3 is 2.55 bits per heavy atom. The van der Waals surface area contributed by atoms with Crippen LogP contribution in [0.5, 0.6) is 0 Å². The van der Waals surface area contributed by atoms with E-state index in [2.05, 4.69) is 17.1 Å². The van der Waals surface area contributed by atoms with Crippen LogP contribution in [0, 0.1) is 0 Å². The lowest BCUT2D eigenvalue weighted by Gasteiger charge is -2.31. The van der Waals surface area contributed by atoms with Gasteiger partial charge in [0.15, 0.2) is 5.84 Å². The van der Waals surface area contributed by atoms with Gasteiger partial charge in [0.2, 0.25) is 0 Å². The van der Waals surface area contributed by atoms with Crippen molar-refractivity contribution in [2.75, 3.05) is 11.9 Å². The molecule has 0 amide bonds. The molecule has 1 aromatic carbocycles. The first kappa shape index (κ1) is 15.0. The Balaban J connectivity index is 2.33. The number of rotatable bonds is 3. The van der Waals surface area contributed by atoms with Gasteiger partial charge >= 0.3 is 0 Å². The summed E-state index contributed by atoms with van der Waals surface area (Å²) in [6.45, 7) is 0. The molecule has 1 fully saturated rings. The maximum absolute atomic E-state index is 8.96. The second kappa shape index (κ2) is 6.84. The van der Waals surface area contributed by atoms with Crippen LogP contribution in [0.1, 0.15) is 44.1 Å². The molecule has 0 aliphatic heterocycles. The van der Waals surface area contributed by atoms with E-state index in [1.807, 2.05) is 12.1 Å². The smallest absolute Gasteiger partial charge is 0.173 e. The van der Waals surface area contributed by atoms with Crippen molar-refractivity contribution in [1.82, 2.24) is 0 Å². The fraction of sp³-hybridized carbons (Fsp3) is 0.533. The second-order valence-electron chi connectivity index (χ2n) is 5.38. The van der Waals surface area contributed by atoms with E-state index in [0.29, 0.717) is 16.6 Å². The average Bonchev–Trinajstić information content (AvgIpc) is 2.74. The van der Waals surface area contributed by atoms with Crippen LogP contribution in [0.4, 0.5) is 5.69 Å². The van der Waals surface area contributed by atoms with Crippen molar-refractivity contribution in [3.8, 4) is 0 Å². The molecule has 5 heteroatoms. The van der Waals surface area contributed by atoms with Crippen molar-refractivity contribution in [1.29, 1.82) is 0 Å². The molecule has 1 aliphatic rings. The van der Waals surface area contributed by atoms with Gasteiger partial charge in [0.1, 0.15) is 0 Å². The highest BCUT2D eigenvalue weighted by molar-refractivity contribution is 6.34. The third kappa shape index (κ3) is 3.18. The van der Waals surface area contributed by atoms with Crippen molar-refractivity contribution in [3.05, 3.63) is 28.8 Å². The maximum Gasteiger partial charge on any atom is 0.173 e. The highest BCUT2D eigenvalue weighted by Gasteiger charge is 2.21. The van der Waals surface area contributed by atoms with E-state index in [-0.39, 0.29) is 5.84 Å². The van der Waals surface area contributed by atoms with Gasteiger partial charge in [-0.1, -0.05) is 48.5 Å². The van der Waals surface area contributed by atoms with E-state index in [1.54, 1.807) is 6.07 Å². The molecule has 0 atom stereocenters. The average molecular weight is 296 g/mol. The summed E-state index contributed by atoms with van der Waals surface area (Å²) < 4.78 is 0. The number of anilines is 1. The molecule has 1 saturated carbocycles. The molecule has 3 N–H and O–H groups in total. The molecule has 1 aliphatic carbocycles. The molecule has 0 unspecified atom stereocenters. The Bertz CT molecular complexity index is 482. The molecular formula is C15H22ClN3O. The van der Waals surface area contributed by atoms with Gasteiger partial charge < -0.3 is 15.8 Å². The summed E-state index contributed by atoms with van der Waals surface area (Å²) in [5, 5.41) is 12.6. The molecule has 0 heterocycles. The minimum atomic E-state index is 0.0612. The topological polar surface area (TPSA) is 61.8 Å². The predicted molar refractivity (Wildman–Crippen MR) is 83.9 cm³/mol. The minimum Gasteiger partial charge on any atom is -0.409 e. The summed E-state index contributed by atoms with van der Waals surface area (Å²) in [5.41, 5.74) is 7.33. The molecule has 4 nitrogen and oxygen atoms in total. The molecule has 110 valence electrons. The molecular weight excluding hydrogens is 274 g/mol. The highest BCUT2D eigenvalue weighted by Crippen LogP contribution is 2.31. The fourth-order valence-corrected chi connectivity index (χ4v) is 3.22. The lowest BCUT2D eigenvalue weighted by molar-refractivity contribution is 0.318. The second-order valence-corrected chi connectivity index (χ2v) is 5.78. The number of hydrogen-bond acceptors (Lipinski definition) is 3. The van der Waals surface area contributed by atoms with Crippen LogP contribution in [-0.2, 0) is 0 Å². The summed E-state index contributed by atoms with van der Waals surface area (Å²) in [4.78, 5) is 2.23. The lowest BCUT2D eigenvalue weighted by Crippen LogP contribution is -2.33. The molecule has 0 bridgehead atoms. The van der Waals surface area contributed by atoms with Crippen molar-refractivity contribution in [2.24, 2.45) is 10.9 Å². The summed E-state index contributed by atoms with van der Waals surface area (Å²) >= 11 is 6.22. The summed E-state index contributed by atoms with van der Waals surface area (Å²) in [6, 6.07) is 6.13. The Morgan fingerprint density at radius 1 is 1.30 bits per heavy atom. The Kier molecular flexibility index (Phi) is 5.12. The van der Waals surface area contributed by atoms with Gasteiger partial charge in [-0.25, -0.2) is 0 Å². The third-order valence-electron chi connectivity index (χ3n) is 4.11. The van der Waals surface area contributed by atoms with Gasteiger partial charge in [0.25, 0.3) is 0 Å². The minimum absolute atomic E-state index is 0.0612. The number of oxime groups is 1. The van der Waals surface area contributed by atoms with Crippen LogP contribution < -0.4 is 10.6 Å². The van der Waals surface area contributed by atoms with Crippen molar-refractivity contribution >= 4 is 23.1 Å². The normalized spacial score (nSPS) is 17.8. The van der Waals surface area contributed by atoms with Gasteiger partial charge in [0.05, 0.1) is 10.6 Å². The Morgan fingerprint density at radius 2 is 1.95 bits per heavy atom. The molecule has 0 aromatic heterocycles. The highest BCUT2D eigenvalue weighted by atomic mass is 35.5. The number of benzene rings is 1. The van der Waals surface area contributed by atoms with Gasteiger partial charge in [-0.15, -0.1) is 0 Å². The van der Waals surface area contributed by atoms with Crippen molar-refractivity contribution in [3.63, 3.8) is 0 Å². The molecule has 0 radical (unpaired) electrons. The van der Waals surface area contributed by atoms with Gasteiger partial charge in [0, 0.05) is 18.8 Å². The largest absolute Gasteiger partial charge is 0.409 e. The number of nitrogens with two attached hydrogens (primary N) is 1. The Hall–Kier alpha value is -1.42. The first-order valence-electron chi connectivity index (χ1n) is 7.14. The number of halogens is 1. The van der Waals surface area contributed by atoms with E-state index in [1.165, 1.54) is 38.5 Å². The van der Waals surface area contributed by atoms with Crippen LogP contribution in [0.2, 0.25) is 5.02 Å². The Labute approximate surface area is 125 Å². The van der Waals surface area contributed by atoms with Gasteiger partial charge in [-0.3, -0.25) is 0 Å². The summed E-state index contributed by atoms with van der Waals surface area (Å²) in [7, 11) is 2.07. The lowest BCUT2D eigenvalue weighted by atomic mass is 10.0. The van der Waals surface area contributed by atoms with Crippen LogP contribution >= 0.6 is 11.6 Å². The zero-order valence-electron chi connectivity index (χ0n) is 11.8. The van der Waals surface area contributed by atoms with Crippen LogP contribution in [0.3, 0.4) is 0 Å². The molecule has 0 saturated heterocycles. The van der Waals surface area contributed by atoms with Crippen LogP contribution in [0.25, 0.3) is 0 Å². The van der Waals surface area contributed by atoms with Gasteiger partial charge in [-0.05, 0) is 25.0 Å². The van der Waals surface area contributed by atoms with Gasteiger partial charge in [-0.2, -0.15) is 0 Å². The zero-order valence-corrected chi connectivity index (χ0v) is 12.6. The monoisotopic (exact) mass is 295 g/mol. The van der Waals surface area contributed by atoms with E-state index in [0.717, 1.165) is 5.69 Å². The number of nitrogens with zero attached hydrogens (tertiary/aromatic N) is 2. The molecule has 2 rings (SSSR count). The predicted octanol–water partition coefficient (Wildman–Crippen LogP) is 3.59. The first-order valence-corrected chi connectivity index (χ1v) is 7.52.